The zero-order chi connectivity index (χ0) is 12.3. The number of nitrogens with zero attached hydrogens (tertiary/aromatic N) is 1. The quantitative estimate of drug-likeness (QED) is 0.409. The highest BCUT2D eigenvalue weighted by molar-refractivity contribution is 5.66. The minimum Gasteiger partial charge on any atom is -0.464 e. The molecule has 3 nitrogen and oxygen atoms in total. The van der Waals surface area contributed by atoms with E-state index < -0.39 is 0 Å². The average Bonchev–Trinajstić information content (AvgIpc) is 2.65. The Morgan fingerprint density at radius 3 is 2.56 bits per heavy atom. The normalized spacial score (nSPS) is 32.1. The fourth-order valence-electron chi connectivity index (χ4n) is 2.17. The molecule has 0 aliphatic carbocycles. The van der Waals surface area contributed by atoms with Crippen LogP contribution in [0.4, 0.5) is 0 Å². The Labute approximate surface area is 98.5 Å². The van der Waals surface area contributed by atoms with E-state index in [1.54, 1.807) is 0 Å². The van der Waals surface area contributed by atoms with Gasteiger partial charge in [-0.2, -0.15) is 0 Å². The molecule has 3 atom stereocenters. The summed E-state index contributed by atoms with van der Waals surface area (Å²) in [7, 11) is 2.09. The third kappa shape index (κ3) is 3.08. The fraction of sp³-hybridized carbons (Fsp3) is 0.769. The van der Waals surface area contributed by atoms with Gasteiger partial charge < -0.3 is 4.74 Å². The highest BCUT2D eigenvalue weighted by atomic mass is 16.5. The molecule has 1 rings (SSSR count). The standard InChI is InChI=1S/C13H23NO2/c1-10(2)7-6-8-13(4)12(14(13)5)9-16-11(3)15/h7,12H,6,8-9H2,1-5H3. The van der Waals surface area contributed by atoms with E-state index in [9.17, 15) is 4.79 Å². The van der Waals surface area contributed by atoms with E-state index in [4.69, 9.17) is 4.74 Å². The number of allylic oxidation sites excluding steroid dienone is 2. The summed E-state index contributed by atoms with van der Waals surface area (Å²) in [5.41, 5.74) is 1.57. The van der Waals surface area contributed by atoms with Crippen molar-refractivity contribution < 1.29 is 9.53 Å². The molecule has 1 heterocycles. The summed E-state index contributed by atoms with van der Waals surface area (Å²) < 4.78 is 5.06. The van der Waals surface area contributed by atoms with Crippen LogP contribution in [0.2, 0.25) is 0 Å². The van der Waals surface area contributed by atoms with Crippen molar-refractivity contribution in [1.29, 1.82) is 0 Å². The van der Waals surface area contributed by atoms with Crippen LogP contribution in [-0.4, -0.2) is 36.1 Å². The molecule has 1 aliphatic rings. The first-order valence-electron chi connectivity index (χ1n) is 5.87. The van der Waals surface area contributed by atoms with Crippen LogP contribution in [-0.2, 0) is 9.53 Å². The predicted molar refractivity (Wildman–Crippen MR) is 65.3 cm³/mol. The van der Waals surface area contributed by atoms with E-state index >= 15 is 0 Å². The monoisotopic (exact) mass is 225 g/mol. The predicted octanol–water partition coefficient (Wildman–Crippen LogP) is 2.37. The van der Waals surface area contributed by atoms with Crippen LogP contribution in [0.1, 0.15) is 40.5 Å². The molecule has 0 radical (unpaired) electrons. The molecule has 3 unspecified atom stereocenters. The summed E-state index contributed by atoms with van der Waals surface area (Å²) in [4.78, 5) is 13.0. The molecule has 16 heavy (non-hydrogen) atoms. The van der Waals surface area contributed by atoms with Crippen molar-refractivity contribution >= 4 is 5.97 Å². The van der Waals surface area contributed by atoms with E-state index in [0.29, 0.717) is 12.6 Å². The molecule has 1 fully saturated rings. The maximum absolute atomic E-state index is 10.7. The Balaban J connectivity index is 2.36. The summed E-state index contributed by atoms with van der Waals surface area (Å²) in [6.07, 6.45) is 4.49. The van der Waals surface area contributed by atoms with Gasteiger partial charge in [0.2, 0.25) is 0 Å². The summed E-state index contributed by atoms with van der Waals surface area (Å²) in [6, 6.07) is 0.391. The number of ether oxygens (including phenoxy) is 1. The molecule has 0 aromatic heterocycles. The lowest BCUT2D eigenvalue weighted by atomic mass is 10.0. The molecule has 0 N–H and O–H groups in total. The molecule has 3 heteroatoms. The first-order chi connectivity index (χ1) is 7.38. The SMILES string of the molecule is CC(=O)OCC1N(C)C1(C)CCC=C(C)C. The molecule has 1 saturated heterocycles. The topological polar surface area (TPSA) is 29.3 Å². The van der Waals surface area contributed by atoms with Gasteiger partial charge in [0.1, 0.15) is 6.61 Å². The minimum atomic E-state index is -0.188. The van der Waals surface area contributed by atoms with Crippen molar-refractivity contribution in [1.82, 2.24) is 4.90 Å². The van der Waals surface area contributed by atoms with Gasteiger partial charge in [0.15, 0.2) is 0 Å². The summed E-state index contributed by atoms with van der Waals surface area (Å²) >= 11 is 0. The van der Waals surface area contributed by atoms with E-state index in [1.807, 2.05) is 0 Å². The van der Waals surface area contributed by atoms with Crippen LogP contribution in [0.3, 0.4) is 0 Å². The Kier molecular flexibility index (Phi) is 4.14. The highest BCUT2D eigenvalue weighted by Gasteiger charge is 2.56. The zero-order valence-corrected chi connectivity index (χ0v) is 11.0. The second kappa shape index (κ2) is 5.00. The van der Waals surface area contributed by atoms with Gasteiger partial charge in [-0.15, -0.1) is 0 Å². The van der Waals surface area contributed by atoms with Crippen molar-refractivity contribution in [2.75, 3.05) is 13.7 Å². The molecule has 0 amide bonds. The molecular weight excluding hydrogens is 202 g/mol. The van der Waals surface area contributed by atoms with Crippen molar-refractivity contribution in [3.63, 3.8) is 0 Å². The van der Waals surface area contributed by atoms with Gasteiger partial charge >= 0.3 is 5.97 Å². The smallest absolute Gasteiger partial charge is 0.302 e. The molecule has 0 spiro atoms. The van der Waals surface area contributed by atoms with E-state index in [2.05, 4.69) is 38.8 Å². The van der Waals surface area contributed by atoms with Crippen molar-refractivity contribution in [2.24, 2.45) is 0 Å². The van der Waals surface area contributed by atoms with Gasteiger partial charge in [0.05, 0.1) is 6.04 Å². The molecule has 92 valence electrons. The fourth-order valence-corrected chi connectivity index (χ4v) is 2.17. The lowest BCUT2D eigenvalue weighted by Gasteiger charge is -2.08. The molecule has 1 aliphatic heterocycles. The largest absolute Gasteiger partial charge is 0.464 e. The Morgan fingerprint density at radius 2 is 2.06 bits per heavy atom. The van der Waals surface area contributed by atoms with Crippen LogP contribution < -0.4 is 0 Å². The summed E-state index contributed by atoms with van der Waals surface area (Å²) in [5, 5.41) is 0. The van der Waals surface area contributed by atoms with Crippen LogP contribution in [0.25, 0.3) is 0 Å². The Morgan fingerprint density at radius 1 is 1.44 bits per heavy atom. The van der Waals surface area contributed by atoms with Gasteiger partial charge in [0, 0.05) is 12.5 Å². The third-order valence-corrected chi connectivity index (χ3v) is 3.57. The van der Waals surface area contributed by atoms with Crippen LogP contribution in [0.5, 0.6) is 0 Å². The number of hydrogen-bond donors (Lipinski definition) is 0. The lowest BCUT2D eigenvalue weighted by molar-refractivity contribution is -0.141. The average molecular weight is 225 g/mol. The van der Waals surface area contributed by atoms with Crippen molar-refractivity contribution in [3.05, 3.63) is 11.6 Å². The van der Waals surface area contributed by atoms with Crippen LogP contribution in [0.15, 0.2) is 11.6 Å². The Bertz CT molecular complexity index is 294. The molecule has 0 aromatic carbocycles. The van der Waals surface area contributed by atoms with Gasteiger partial charge in [-0.05, 0) is 40.7 Å². The molecule has 0 bridgehead atoms. The van der Waals surface area contributed by atoms with Crippen molar-refractivity contribution in [3.8, 4) is 0 Å². The first kappa shape index (κ1) is 13.2. The second-order valence-electron chi connectivity index (χ2n) is 5.11. The number of rotatable bonds is 5. The lowest BCUT2D eigenvalue weighted by Crippen LogP contribution is -2.15. The van der Waals surface area contributed by atoms with Gasteiger partial charge in [-0.3, -0.25) is 9.69 Å². The summed E-state index contributed by atoms with van der Waals surface area (Å²) in [5.74, 6) is -0.188. The molecule has 0 aromatic rings. The molecular formula is C13H23NO2. The molecule has 0 saturated carbocycles. The number of carbonyl (C=O) groups is 1. The Hall–Kier alpha value is -0.830. The van der Waals surface area contributed by atoms with E-state index in [1.165, 1.54) is 12.5 Å². The third-order valence-electron chi connectivity index (χ3n) is 3.57. The number of esters is 1. The first-order valence-corrected chi connectivity index (χ1v) is 5.87. The van der Waals surface area contributed by atoms with Gasteiger partial charge in [-0.25, -0.2) is 0 Å². The van der Waals surface area contributed by atoms with Crippen molar-refractivity contribution in [2.45, 2.75) is 52.1 Å². The number of hydrogen-bond acceptors (Lipinski definition) is 3. The van der Waals surface area contributed by atoms with Crippen LogP contribution in [0, 0.1) is 0 Å². The minimum absolute atomic E-state index is 0.188. The number of carbonyl (C=O) groups excluding carboxylic acids is 1. The number of likely N-dealkylation sites (N-methyl/N-ethyl adjacent to an activating group) is 1. The van der Waals surface area contributed by atoms with E-state index in [-0.39, 0.29) is 11.5 Å². The van der Waals surface area contributed by atoms with Crippen LogP contribution >= 0.6 is 0 Å². The van der Waals surface area contributed by atoms with Gasteiger partial charge in [0.25, 0.3) is 0 Å². The summed E-state index contributed by atoms with van der Waals surface area (Å²) in [6.45, 7) is 8.46. The zero-order valence-electron chi connectivity index (χ0n) is 11.0. The van der Waals surface area contributed by atoms with E-state index in [0.717, 1.165) is 12.8 Å². The maximum atomic E-state index is 10.7. The maximum Gasteiger partial charge on any atom is 0.302 e. The second-order valence-corrected chi connectivity index (χ2v) is 5.11. The van der Waals surface area contributed by atoms with Gasteiger partial charge in [-0.1, -0.05) is 11.6 Å². The highest BCUT2D eigenvalue weighted by Crippen LogP contribution is 2.42.